The van der Waals surface area contributed by atoms with Crippen LogP contribution >= 0.6 is 23.2 Å². The van der Waals surface area contributed by atoms with E-state index >= 15 is 0 Å². The first-order chi connectivity index (χ1) is 11.6. The van der Waals surface area contributed by atoms with Crippen molar-refractivity contribution in [2.75, 3.05) is 13.2 Å². The van der Waals surface area contributed by atoms with Gasteiger partial charge in [0.15, 0.2) is 0 Å². The van der Waals surface area contributed by atoms with E-state index in [2.05, 4.69) is 10.6 Å². The van der Waals surface area contributed by atoms with Gasteiger partial charge in [0.25, 0.3) is 0 Å². The summed E-state index contributed by atoms with van der Waals surface area (Å²) in [5.74, 6) is 0.243. The first kappa shape index (κ1) is 21.4. The Hall–Kier alpha value is -1.66. The molecule has 0 saturated heterocycles. The second kappa shape index (κ2) is 9.73. The molecule has 1 aromatic carbocycles. The van der Waals surface area contributed by atoms with Gasteiger partial charge < -0.3 is 20.1 Å². The van der Waals surface area contributed by atoms with Crippen molar-refractivity contribution >= 4 is 35.2 Å². The van der Waals surface area contributed by atoms with Crippen molar-refractivity contribution in [3.8, 4) is 5.75 Å². The summed E-state index contributed by atoms with van der Waals surface area (Å²) in [5, 5.41) is 6.17. The van der Waals surface area contributed by atoms with Crippen LogP contribution in [0.3, 0.4) is 0 Å². The molecule has 0 aliphatic heterocycles. The third-order valence-corrected chi connectivity index (χ3v) is 3.43. The van der Waals surface area contributed by atoms with Crippen LogP contribution in [0.25, 0.3) is 0 Å². The highest BCUT2D eigenvalue weighted by molar-refractivity contribution is 6.35. The summed E-state index contributed by atoms with van der Waals surface area (Å²) in [4.78, 5) is 23.5. The number of amides is 2. The zero-order valence-electron chi connectivity index (χ0n) is 14.8. The van der Waals surface area contributed by atoms with Gasteiger partial charge >= 0.3 is 6.09 Å². The van der Waals surface area contributed by atoms with Crippen LogP contribution < -0.4 is 15.4 Å². The van der Waals surface area contributed by atoms with Crippen LogP contribution in [-0.2, 0) is 9.53 Å². The number of carbonyl (C=O) groups excluding carboxylic acids is 2. The van der Waals surface area contributed by atoms with E-state index in [4.69, 9.17) is 32.7 Å². The van der Waals surface area contributed by atoms with Gasteiger partial charge in [0.1, 0.15) is 17.4 Å². The average Bonchev–Trinajstić information content (AvgIpc) is 2.46. The highest BCUT2D eigenvalue weighted by atomic mass is 35.5. The van der Waals surface area contributed by atoms with Crippen LogP contribution in [0, 0.1) is 0 Å². The summed E-state index contributed by atoms with van der Waals surface area (Å²) in [6, 6.07) is 4.29. The predicted molar refractivity (Wildman–Crippen MR) is 98.4 cm³/mol. The maximum atomic E-state index is 11.9. The van der Waals surface area contributed by atoms with Gasteiger partial charge in [-0.2, -0.15) is 0 Å². The minimum atomic E-state index is -0.693. The molecule has 0 bridgehead atoms. The standard InChI is InChI=1S/C17H24Cl2N2O4/c1-11(21-16(23)25-17(2,3)4)15(22)20-8-5-9-24-14-7-6-12(18)10-13(14)19/h6-7,10-11H,5,8-9H2,1-4H3,(H,20,22)(H,21,23)/t11-/m1/s1. The normalized spacial score (nSPS) is 12.2. The smallest absolute Gasteiger partial charge is 0.408 e. The van der Waals surface area contributed by atoms with Gasteiger partial charge in [0, 0.05) is 11.6 Å². The monoisotopic (exact) mass is 390 g/mol. The number of hydrogen-bond donors (Lipinski definition) is 2. The summed E-state index contributed by atoms with van der Waals surface area (Å²) in [6.45, 7) is 7.64. The summed E-state index contributed by atoms with van der Waals surface area (Å²) >= 11 is 11.8. The largest absolute Gasteiger partial charge is 0.492 e. The molecule has 140 valence electrons. The lowest BCUT2D eigenvalue weighted by Gasteiger charge is -2.21. The molecule has 2 N–H and O–H groups in total. The first-order valence-corrected chi connectivity index (χ1v) is 8.69. The van der Waals surface area contributed by atoms with E-state index in [1.54, 1.807) is 45.9 Å². The van der Waals surface area contributed by atoms with Gasteiger partial charge in [-0.15, -0.1) is 0 Å². The molecule has 0 spiro atoms. The highest BCUT2D eigenvalue weighted by Gasteiger charge is 2.20. The number of rotatable bonds is 7. The lowest BCUT2D eigenvalue weighted by atomic mass is 10.2. The molecule has 0 heterocycles. The molecule has 0 unspecified atom stereocenters. The van der Waals surface area contributed by atoms with Gasteiger partial charge in [-0.05, 0) is 52.3 Å². The van der Waals surface area contributed by atoms with Gasteiger partial charge in [-0.1, -0.05) is 23.2 Å². The van der Waals surface area contributed by atoms with Crippen molar-refractivity contribution in [1.82, 2.24) is 10.6 Å². The fourth-order valence-electron chi connectivity index (χ4n) is 1.76. The van der Waals surface area contributed by atoms with Crippen LogP contribution in [0.1, 0.15) is 34.1 Å². The third-order valence-electron chi connectivity index (χ3n) is 2.90. The van der Waals surface area contributed by atoms with Crippen LogP contribution in [0.2, 0.25) is 10.0 Å². The van der Waals surface area contributed by atoms with Crippen LogP contribution in [0.5, 0.6) is 5.75 Å². The van der Waals surface area contributed by atoms with Gasteiger partial charge in [-0.3, -0.25) is 4.79 Å². The van der Waals surface area contributed by atoms with Crippen LogP contribution in [0.15, 0.2) is 18.2 Å². The number of nitrogens with one attached hydrogen (secondary N) is 2. The Morgan fingerprint density at radius 3 is 2.52 bits per heavy atom. The van der Waals surface area contributed by atoms with Crippen molar-refractivity contribution in [3.63, 3.8) is 0 Å². The lowest BCUT2D eigenvalue weighted by Crippen LogP contribution is -2.46. The molecular formula is C17H24Cl2N2O4. The summed E-state index contributed by atoms with van der Waals surface area (Å²) in [6.07, 6.45) is -0.0417. The molecule has 1 aromatic rings. The predicted octanol–water partition coefficient (Wildman–Crippen LogP) is 3.79. The zero-order valence-corrected chi connectivity index (χ0v) is 16.3. The van der Waals surface area contributed by atoms with Crippen LogP contribution in [0.4, 0.5) is 4.79 Å². The fourth-order valence-corrected chi connectivity index (χ4v) is 2.22. The van der Waals surface area contributed by atoms with E-state index in [-0.39, 0.29) is 5.91 Å². The Labute approximate surface area is 158 Å². The van der Waals surface area contributed by atoms with E-state index in [1.165, 1.54) is 0 Å². The SMILES string of the molecule is C[C@@H](NC(=O)OC(C)(C)C)C(=O)NCCCOc1ccc(Cl)cc1Cl. The zero-order chi connectivity index (χ0) is 19.0. The molecule has 0 aromatic heterocycles. The van der Waals surface area contributed by atoms with Crippen molar-refractivity contribution < 1.29 is 19.1 Å². The molecule has 2 amide bonds. The maximum Gasteiger partial charge on any atom is 0.408 e. The second-order valence-corrected chi connectivity index (χ2v) is 7.28. The molecule has 1 atom stereocenters. The molecule has 0 aliphatic carbocycles. The van der Waals surface area contributed by atoms with Crippen molar-refractivity contribution in [3.05, 3.63) is 28.2 Å². The van der Waals surface area contributed by atoms with Gasteiger partial charge in [0.05, 0.1) is 11.6 Å². The molecule has 8 heteroatoms. The summed E-state index contributed by atoms with van der Waals surface area (Å²) in [7, 11) is 0. The Morgan fingerprint density at radius 2 is 1.92 bits per heavy atom. The Balaban J connectivity index is 2.24. The number of halogens is 2. The molecule has 25 heavy (non-hydrogen) atoms. The number of carbonyl (C=O) groups is 2. The van der Waals surface area contributed by atoms with Crippen molar-refractivity contribution in [2.45, 2.75) is 45.8 Å². The Morgan fingerprint density at radius 1 is 1.24 bits per heavy atom. The minimum Gasteiger partial charge on any atom is -0.492 e. The second-order valence-electron chi connectivity index (χ2n) is 6.44. The molecule has 0 radical (unpaired) electrons. The molecule has 6 nitrogen and oxygen atoms in total. The molecule has 1 rings (SSSR count). The molecule has 0 fully saturated rings. The average molecular weight is 391 g/mol. The van der Waals surface area contributed by atoms with Gasteiger partial charge in [0.2, 0.25) is 5.91 Å². The minimum absolute atomic E-state index is 0.296. The number of hydrogen-bond acceptors (Lipinski definition) is 4. The number of benzene rings is 1. The van der Waals surface area contributed by atoms with Crippen molar-refractivity contribution in [1.29, 1.82) is 0 Å². The Kier molecular flexibility index (Phi) is 8.32. The van der Waals surface area contributed by atoms with E-state index in [9.17, 15) is 9.59 Å². The fraction of sp³-hybridized carbons (Fsp3) is 0.529. The quantitative estimate of drug-likeness (QED) is 0.694. The van der Waals surface area contributed by atoms with Crippen LogP contribution in [-0.4, -0.2) is 36.8 Å². The van der Waals surface area contributed by atoms with E-state index in [0.29, 0.717) is 35.4 Å². The first-order valence-electron chi connectivity index (χ1n) is 7.93. The van der Waals surface area contributed by atoms with Gasteiger partial charge in [-0.25, -0.2) is 4.79 Å². The number of alkyl carbamates (subject to hydrolysis) is 1. The van der Waals surface area contributed by atoms with E-state index in [0.717, 1.165) is 0 Å². The lowest BCUT2D eigenvalue weighted by molar-refractivity contribution is -0.122. The highest BCUT2D eigenvalue weighted by Crippen LogP contribution is 2.27. The number of ether oxygens (including phenoxy) is 2. The third kappa shape index (κ3) is 8.84. The molecule has 0 aliphatic rings. The van der Waals surface area contributed by atoms with E-state index in [1.807, 2.05) is 0 Å². The van der Waals surface area contributed by atoms with Crippen molar-refractivity contribution in [2.24, 2.45) is 0 Å². The molecule has 0 saturated carbocycles. The summed E-state index contributed by atoms with van der Waals surface area (Å²) in [5.41, 5.74) is -0.611. The maximum absolute atomic E-state index is 11.9. The topological polar surface area (TPSA) is 76.7 Å². The molecular weight excluding hydrogens is 367 g/mol. The Bertz CT molecular complexity index is 603. The summed E-state index contributed by atoms with van der Waals surface area (Å²) < 4.78 is 10.6. The van der Waals surface area contributed by atoms with E-state index < -0.39 is 17.7 Å².